The summed E-state index contributed by atoms with van der Waals surface area (Å²) in [6, 6.07) is 58.7. The van der Waals surface area contributed by atoms with Crippen LogP contribution in [0.25, 0.3) is 70.9 Å². The van der Waals surface area contributed by atoms with Crippen molar-refractivity contribution in [2.45, 2.75) is 13.0 Å². The van der Waals surface area contributed by atoms with E-state index in [1.54, 1.807) is 0 Å². The smallest absolute Gasteiger partial charge is 0.157 e. The van der Waals surface area contributed by atoms with Gasteiger partial charge in [-0.2, -0.15) is 0 Å². The van der Waals surface area contributed by atoms with Crippen LogP contribution in [0.1, 0.15) is 17.5 Å². The number of para-hydroxylation sites is 1. The van der Waals surface area contributed by atoms with Crippen LogP contribution in [-0.4, -0.2) is 23.0 Å². The molecule has 0 N–H and O–H groups in total. The minimum atomic E-state index is 0.000176. The van der Waals surface area contributed by atoms with Gasteiger partial charge in [0.25, 0.3) is 0 Å². The van der Waals surface area contributed by atoms with Gasteiger partial charge in [-0.15, -0.1) is 0 Å². The van der Waals surface area contributed by atoms with Crippen LogP contribution in [0.3, 0.4) is 0 Å². The van der Waals surface area contributed by atoms with Crippen molar-refractivity contribution in [3.63, 3.8) is 0 Å². The second kappa shape index (κ2) is 14.2. The first-order valence-corrected chi connectivity index (χ1v) is 19.2. The topological polar surface area (TPSA) is 42.0 Å². The Bertz CT molecular complexity index is 3090. The summed E-state index contributed by atoms with van der Waals surface area (Å²) < 4.78 is 2.42. The van der Waals surface area contributed by atoms with Gasteiger partial charge >= 0.3 is 0 Å². The van der Waals surface area contributed by atoms with Crippen molar-refractivity contribution < 1.29 is 0 Å². The van der Waals surface area contributed by atoms with Crippen LogP contribution in [0.4, 0.5) is 0 Å². The number of rotatable bonds is 6. The average molecular weight is 719 g/mol. The van der Waals surface area contributed by atoms with Crippen LogP contribution in [-0.2, 0) is 6.54 Å². The highest BCUT2D eigenvalue weighted by atomic mass is 15.0. The summed E-state index contributed by atoms with van der Waals surface area (Å²) in [4.78, 5) is 15.3. The third-order valence-electron chi connectivity index (χ3n) is 11.1. The van der Waals surface area contributed by atoms with Crippen molar-refractivity contribution in [1.82, 2.24) is 4.57 Å². The molecule has 4 heteroatoms. The number of nitrogens with zero attached hydrogens (tertiary/aromatic N) is 4. The fraction of sp³-hybridized carbons (Fsp3) is 0.0577. The Morgan fingerprint density at radius 3 is 1.95 bits per heavy atom. The minimum Gasteiger partial charge on any atom is -0.309 e. The molecule has 0 radical (unpaired) electrons. The van der Waals surface area contributed by atoms with Crippen LogP contribution < -0.4 is 0 Å². The monoisotopic (exact) mass is 718 g/mol. The molecule has 1 aromatic heterocycles. The average Bonchev–Trinajstić information content (AvgIpc) is 3.61. The summed E-state index contributed by atoms with van der Waals surface area (Å²) in [5.41, 5.74) is 7.75. The maximum absolute atomic E-state index is 5.38. The van der Waals surface area contributed by atoms with E-state index in [0.717, 1.165) is 50.4 Å². The summed E-state index contributed by atoms with van der Waals surface area (Å²) in [5, 5.41) is 9.43. The number of allylic oxidation sites excluding steroid dienone is 3. The molecule has 1 aliphatic carbocycles. The SMILES string of the molecule is C=N/C(=N\C(=N/Cc1ccccc1)c1cc(-n2c3ccccc3c3ccc(-c4ccccc4)cc32)cc2c3ccccc3c3ccccc3c12)C1C=CC=CC1. The summed E-state index contributed by atoms with van der Waals surface area (Å²) in [6.45, 7) is 4.49. The van der Waals surface area contributed by atoms with Crippen molar-refractivity contribution in [3.8, 4) is 16.8 Å². The molecule has 1 atom stereocenters. The number of benzene rings is 8. The first-order chi connectivity index (χ1) is 27.7. The summed E-state index contributed by atoms with van der Waals surface area (Å²) in [7, 11) is 0. The molecule has 0 fully saturated rings. The first kappa shape index (κ1) is 33.4. The van der Waals surface area contributed by atoms with E-state index >= 15 is 0 Å². The molecule has 1 aliphatic rings. The van der Waals surface area contributed by atoms with Crippen LogP contribution >= 0.6 is 0 Å². The lowest BCUT2D eigenvalue weighted by Gasteiger charge is -2.19. The van der Waals surface area contributed by atoms with E-state index in [1.165, 1.54) is 38.1 Å². The van der Waals surface area contributed by atoms with Crippen molar-refractivity contribution in [2.75, 3.05) is 0 Å². The number of hydrogen-bond acceptors (Lipinski definition) is 1. The van der Waals surface area contributed by atoms with E-state index in [2.05, 4.69) is 198 Å². The molecule has 10 rings (SSSR count). The fourth-order valence-electron chi connectivity index (χ4n) is 8.43. The van der Waals surface area contributed by atoms with E-state index in [0.29, 0.717) is 18.2 Å². The molecule has 9 aromatic rings. The van der Waals surface area contributed by atoms with Crippen molar-refractivity contribution in [2.24, 2.45) is 20.9 Å². The summed E-state index contributed by atoms with van der Waals surface area (Å²) in [5.74, 6) is 1.29. The number of hydrogen-bond donors (Lipinski definition) is 0. The second-order valence-corrected chi connectivity index (χ2v) is 14.4. The van der Waals surface area contributed by atoms with Gasteiger partial charge in [0.1, 0.15) is 5.84 Å². The third-order valence-corrected chi connectivity index (χ3v) is 11.1. The Morgan fingerprint density at radius 2 is 1.21 bits per heavy atom. The molecule has 266 valence electrons. The molecule has 0 spiro atoms. The molecule has 0 saturated carbocycles. The fourth-order valence-corrected chi connectivity index (χ4v) is 8.43. The lowest BCUT2D eigenvalue weighted by Crippen LogP contribution is -2.14. The van der Waals surface area contributed by atoms with Crippen LogP contribution in [0, 0.1) is 5.92 Å². The summed E-state index contributed by atoms with van der Waals surface area (Å²) >= 11 is 0. The Balaban J connectivity index is 1.34. The van der Waals surface area contributed by atoms with Gasteiger partial charge in [0.2, 0.25) is 0 Å². The van der Waals surface area contributed by atoms with Gasteiger partial charge in [-0.25, -0.2) is 9.98 Å². The zero-order valence-electron chi connectivity index (χ0n) is 30.9. The zero-order chi connectivity index (χ0) is 37.4. The molecular formula is C52H38N4. The maximum Gasteiger partial charge on any atom is 0.157 e. The number of aliphatic imine (C=N–C) groups is 3. The van der Waals surface area contributed by atoms with E-state index in [1.807, 2.05) is 6.07 Å². The van der Waals surface area contributed by atoms with Gasteiger partial charge in [0.05, 0.1) is 17.6 Å². The van der Waals surface area contributed by atoms with E-state index in [4.69, 9.17) is 9.98 Å². The van der Waals surface area contributed by atoms with Crippen LogP contribution in [0.5, 0.6) is 0 Å². The molecule has 8 aromatic carbocycles. The molecule has 0 aliphatic heterocycles. The van der Waals surface area contributed by atoms with Gasteiger partial charge in [-0.3, -0.25) is 4.99 Å². The van der Waals surface area contributed by atoms with Crippen molar-refractivity contribution in [1.29, 1.82) is 0 Å². The largest absolute Gasteiger partial charge is 0.309 e. The first-order valence-electron chi connectivity index (χ1n) is 19.2. The van der Waals surface area contributed by atoms with Gasteiger partial charge in [0.15, 0.2) is 5.84 Å². The van der Waals surface area contributed by atoms with Crippen LogP contribution in [0.2, 0.25) is 0 Å². The molecule has 56 heavy (non-hydrogen) atoms. The number of fused-ring (bicyclic) bond motifs is 9. The predicted molar refractivity (Wildman–Crippen MR) is 239 cm³/mol. The molecular weight excluding hydrogens is 681 g/mol. The Kier molecular flexibility index (Phi) is 8.49. The highest BCUT2D eigenvalue weighted by Gasteiger charge is 2.22. The molecule has 4 nitrogen and oxygen atoms in total. The summed E-state index contributed by atoms with van der Waals surface area (Å²) in [6.07, 6.45) is 9.26. The highest BCUT2D eigenvalue weighted by Crippen LogP contribution is 2.41. The van der Waals surface area contributed by atoms with E-state index in [-0.39, 0.29) is 5.92 Å². The Morgan fingerprint density at radius 1 is 0.571 bits per heavy atom. The molecule has 0 amide bonds. The van der Waals surface area contributed by atoms with E-state index < -0.39 is 0 Å². The standard InChI is InChI=1S/C52H38N4/c1-53-51(37-21-9-4-10-22-37)55-52(54-34-35-17-5-2-6-18-35)47-33-39(32-46-42-25-12-11-23-40(42)41-24-13-14-27-45(41)50(46)47)56-48-28-16-15-26-43(48)44-30-29-38(31-49(44)56)36-19-7-3-8-20-36/h2-21,23-33,37H,1,22,34H2/b54-52-,55-51-. The van der Waals surface area contributed by atoms with E-state index in [9.17, 15) is 0 Å². The van der Waals surface area contributed by atoms with Gasteiger partial charge in [-0.05, 0) is 81.0 Å². The predicted octanol–water partition coefficient (Wildman–Crippen LogP) is 13.1. The van der Waals surface area contributed by atoms with Crippen molar-refractivity contribution >= 4 is 72.5 Å². The van der Waals surface area contributed by atoms with Gasteiger partial charge in [-0.1, -0.05) is 164 Å². The molecule has 1 unspecified atom stereocenters. The zero-order valence-corrected chi connectivity index (χ0v) is 30.9. The number of amidine groups is 2. The maximum atomic E-state index is 5.38. The normalized spacial score (nSPS) is 14.8. The Labute approximate surface area is 325 Å². The van der Waals surface area contributed by atoms with Gasteiger partial charge in [0, 0.05) is 33.3 Å². The van der Waals surface area contributed by atoms with Crippen molar-refractivity contribution in [3.05, 3.63) is 199 Å². The highest BCUT2D eigenvalue weighted by molar-refractivity contribution is 6.31. The lowest BCUT2D eigenvalue weighted by molar-refractivity contribution is 0.860. The number of aromatic nitrogens is 1. The molecule has 0 saturated heterocycles. The second-order valence-electron chi connectivity index (χ2n) is 14.4. The minimum absolute atomic E-state index is 0.000176. The quantitative estimate of drug-likeness (QED) is 0.0933. The Hall–Kier alpha value is -7.17. The molecule has 0 bridgehead atoms. The van der Waals surface area contributed by atoms with Gasteiger partial charge < -0.3 is 4.57 Å². The third kappa shape index (κ3) is 5.84. The lowest BCUT2D eigenvalue weighted by atomic mass is 9.90. The molecule has 1 heterocycles. The van der Waals surface area contributed by atoms with Crippen LogP contribution in [0.15, 0.2) is 203 Å².